The monoisotopic (exact) mass is 376 g/mol. The highest BCUT2D eigenvalue weighted by molar-refractivity contribution is 9.10. The van der Waals surface area contributed by atoms with Gasteiger partial charge < -0.3 is 15.4 Å². The van der Waals surface area contributed by atoms with Crippen molar-refractivity contribution in [1.29, 1.82) is 0 Å². The van der Waals surface area contributed by atoms with Crippen LogP contribution in [0.3, 0.4) is 0 Å². The zero-order chi connectivity index (χ0) is 16.8. The Morgan fingerprint density at radius 3 is 2.57 bits per heavy atom. The molecule has 0 aromatic heterocycles. The molecule has 0 spiro atoms. The van der Waals surface area contributed by atoms with Crippen molar-refractivity contribution in [2.24, 2.45) is 0 Å². The summed E-state index contributed by atoms with van der Waals surface area (Å²) in [5.41, 5.74) is 2.00. The fraction of sp³-hybridized carbons (Fsp3) is 0.176. The lowest BCUT2D eigenvalue weighted by Crippen LogP contribution is -2.15. The molecule has 0 aliphatic carbocycles. The molecule has 2 rings (SSSR count). The predicted octanol–water partition coefficient (Wildman–Crippen LogP) is 3.60. The van der Waals surface area contributed by atoms with Crippen LogP contribution in [0.15, 0.2) is 46.9 Å². The third kappa shape index (κ3) is 5.10. The molecule has 2 aromatic rings. The number of anilines is 2. The summed E-state index contributed by atoms with van der Waals surface area (Å²) in [7, 11) is 1.53. The van der Waals surface area contributed by atoms with E-state index in [0.717, 1.165) is 10.0 Å². The molecule has 0 atom stereocenters. The number of halogens is 1. The number of carbonyl (C=O) groups is 2. The van der Waals surface area contributed by atoms with Gasteiger partial charge in [-0.05, 0) is 35.9 Å². The summed E-state index contributed by atoms with van der Waals surface area (Å²) in [6, 6.07) is 12.6. The predicted molar refractivity (Wildman–Crippen MR) is 93.8 cm³/mol. The Balaban J connectivity index is 2.13. The first-order chi connectivity index (χ1) is 11.0. The molecule has 5 nitrogen and oxygen atoms in total. The minimum atomic E-state index is -0.179. The van der Waals surface area contributed by atoms with Crippen LogP contribution >= 0.6 is 15.9 Å². The van der Waals surface area contributed by atoms with E-state index in [9.17, 15) is 9.59 Å². The van der Waals surface area contributed by atoms with Gasteiger partial charge in [-0.1, -0.05) is 28.1 Å². The van der Waals surface area contributed by atoms with Crippen molar-refractivity contribution in [3.8, 4) is 5.75 Å². The number of ether oxygens (including phenoxy) is 1. The van der Waals surface area contributed by atoms with Crippen LogP contribution in [-0.2, 0) is 16.0 Å². The summed E-state index contributed by atoms with van der Waals surface area (Å²) < 4.78 is 6.16. The van der Waals surface area contributed by atoms with E-state index in [2.05, 4.69) is 26.6 Å². The van der Waals surface area contributed by atoms with Gasteiger partial charge in [0, 0.05) is 17.1 Å². The third-order valence-corrected chi connectivity index (χ3v) is 3.54. The summed E-state index contributed by atoms with van der Waals surface area (Å²) in [5.74, 6) is 0.185. The third-order valence-electron chi connectivity index (χ3n) is 3.05. The average Bonchev–Trinajstić information content (AvgIpc) is 2.46. The second-order valence-electron chi connectivity index (χ2n) is 4.95. The van der Waals surface area contributed by atoms with Crippen LogP contribution in [0.2, 0.25) is 0 Å². The minimum Gasteiger partial charge on any atom is -0.495 e. The molecule has 2 N–H and O–H groups in total. The van der Waals surface area contributed by atoms with E-state index < -0.39 is 0 Å². The van der Waals surface area contributed by atoms with Gasteiger partial charge in [-0.3, -0.25) is 9.59 Å². The zero-order valence-corrected chi connectivity index (χ0v) is 14.4. The first kappa shape index (κ1) is 17.0. The van der Waals surface area contributed by atoms with E-state index in [1.54, 1.807) is 18.2 Å². The van der Waals surface area contributed by atoms with Crippen molar-refractivity contribution in [3.63, 3.8) is 0 Å². The van der Waals surface area contributed by atoms with Gasteiger partial charge in [-0.15, -0.1) is 0 Å². The van der Waals surface area contributed by atoms with Crippen molar-refractivity contribution in [2.45, 2.75) is 13.3 Å². The lowest BCUT2D eigenvalue weighted by atomic mass is 10.1. The molecule has 6 heteroatoms. The molecule has 0 saturated heterocycles. The maximum absolute atomic E-state index is 12.2. The van der Waals surface area contributed by atoms with Crippen LogP contribution in [0, 0.1) is 0 Å². The van der Waals surface area contributed by atoms with Crippen molar-refractivity contribution in [3.05, 3.63) is 52.5 Å². The molecule has 0 aliphatic heterocycles. The molecule has 120 valence electrons. The van der Waals surface area contributed by atoms with Crippen molar-refractivity contribution >= 4 is 39.1 Å². The molecule has 0 heterocycles. The Morgan fingerprint density at radius 1 is 1.13 bits per heavy atom. The molecule has 0 unspecified atom stereocenters. The van der Waals surface area contributed by atoms with Gasteiger partial charge in [0.2, 0.25) is 11.8 Å². The number of benzene rings is 2. The minimum absolute atomic E-state index is 0.165. The number of methoxy groups -OCH3 is 1. The number of hydrogen-bond donors (Lipinski definition) is 2. The van der Waals surface area contributed by atoms with Gasteiger partial charge in [0.05, 0.1) is 19.2 Å². The van der Waals surface area contributed by atoms with Crippen molar-refractivity contribution < 1.29 is 14.3 Å². The summed E-state index contributed by atoms with van der Waals surface area (Å²) in [4.78, 5) is 23.4. The lowest BCUT2D eigenvalue weighted by Gasteiger charge is -2.12. The maximum Gasteiger partial charge on any atom is 0.228 e. The highest BCUT2D eigenvalue weighted by Crippen LogP contribution is 2.28. The Morgan fingerprint density at radius 2 is 1.91 bits per heavy atom. The Labute approximate surface area is 143 Å². The van der Waals surface area contributed by atoms with E-state index >= 15 is 0 Å². The van der Waals surface area contributed by atoms with Crippen LogP contribution in [-0.4, -0.2) is 18.9 Å². The molecule has 0 radical (unpaired) electrons. The van der Waals surface area contributed by atoms with Crippen molar-refractivity contribution in [1.82, 2.24) is 0 Å². The number of carbonyl (C=O) groups excluding carboxylic acids is 2. The first-order valence-corrected chi connectivity index (χ1v) is 7.77. The summed E-state index contributed by atoms with van der Waals surface area (Å²) in [6.07, 6.45) is 0.243. The smallest absolute Gasteiger partial charge is 0.228 e. The van der Waals surface area contributed by atoms with E-state index in [0.29, 0.717) is 17.1 Å². The molecule has 0 fully saturated rings. The molecule has 2 aromatic carbocycles. The molecular formula is C17H17BrN2O3. The lowest BCUT2D eigenvalue weighted by molar-refractivity contribution is -0.116. The Kier molecular flexibility index (Phi) is 5.76. The molecule has 0 aliphatic rings. The van der Waals surface area contributed by atoms with E-state index in [1.807, 2.05) is 24.3 Å². The summed E-state index contributed by atoms with van der Waals surface area (Å²) in [6.45, 7) is 1.43. The van der Waals surface area contributed by atoms with Crippen molar-refractivity contribution in [2.75, 3.05) is 17.7 Å². The molecule has 23 heavy (non-hydrogen) atoms. The standard InChI is InChI=1S/C17H17BrN2O3/c1-11(21)19-14-6-7-16(23-2)15(10-14)20-17(22)9-12-4-3-5-13(18)8-12/h3-8,10H,9H2,1-2H3,(H,19,21)(H,20,22). The van der Waals surface area contributed by atoms with Gasteiger partial charge in [-0.25, -0.2) is 0 Å². The molecule has 0 saturated carbocycles. The zero-order valence-electron chi connectivity index (χ0n) is 12.9. The second kappa shape index (κ2) is 7.78. The van der Waals surface area contributed by atoms with Gasteiger partial charge >= 0.3 is 0 Å². The normalized spacial score (nSPS) is 10.0. The van der Waals surface area contributed by atoms with E-state index in [4.69, 9.17) is 4.74 Å². The SMILES string of the molecule is COc1ccc(NC(C)=O)cc1NC(=O)Cc1cccc(Br)c1. The molecule has 2 amide bonds. The topological polar surface area (TPSA) is 67.4 Å². The average molecular weight is 377 g/mol. The van der Waals surface area contributed by atoms with E-state index in [-0.39, 0.29) is 18.2 Å². The maximum atomic E-state index is 12.2. The van der Waals surface area contributed by atoms with Gasteiger partial charge in [0.25, 0.3) is 0 Å². The molecule has 0 bridgehead atoms. The molecular weight excluding hydrogens is 360 g/mol. The number of rotatable bonds is 5. The Hall–Kier alpha value is -2.34. The van der Waals surface area contributed by atoms with Crippen LogP contribution in [0.5, 0.6) is 5.75 Å². The fourth-order valence-corrected chi connectivity index (χ4v) is 2.56. The van der Waals surface area contributed by atoms with Crippen LogP contribution in [0.25, 0.3) is 0 Å². The van der Waals surface area contributed by atoms with Crippen LogP contribution in [0.1, 0.15) is 12.5 Å². The van der Waals surface area contributed by atoms with Gasteiger partial charge in [-0.2, -0.15) is 0 Å². The first-order valence-electron chi connectivity index (χ1n) is 6.98. The van der Waals surface area contributed by atoms with Gasteiger partial charge in [0.15, 0.2) is 0 Å². The number of amides is 2. The fourth-order valence-electron chi connectivity index (χ4n) is 2.11. The summed E-state index contributed by atoms with van der Waals surface area (Å²) in [5, 5.41) is 5.49. The Bertz CT molecular complexity index is 732. The summed E-state index contributed by atoms with van der Waals surface area (Å²) >= 11 is 3.38. The quantitative estimate of drug-likeness (QED) is 0.837. The van der Waals surface area contributed by atoms with Crippen LogP contribution < -0.4 is 15.4 Å². The van der Waals surface area contributed by atoms with E-state index in [1.165, 1.54) is 14.0 Å². The number of nitrogens with one attached hydrogen (secondary N) is 2. The largest absolute Gasteiger partial charge is 0.495 e. The highest BCUT2D eigenvalue weighted by atomic mass is 79.9. The number of hydrogen-bond acceptors (Lipinski definition) is 3. The van der Waals surface area contributed by atoms with Crippen LogP contribution in [0.4, 0.5) is 11.4 Å². The van der Waals surface area contributed by atoms with Gasteiger partial charge in [0.1, 0.15) is 5.75 Å². The highest BCUT2D eigenvalue weighted by Gasteiger charge is 2.10. The second-order valence-corrected chi connectivity index (χ2v) is 5.87.